The molecule has 0 aliphatic carbocycles. The second-order valence-corrected chi connectivity index (χ2v) is 4.89. The van der Waals surface area contributed by atoms with Crippen LogP contribution in [0.5, 0.6) is 0 Å². The molecule has 0 radical (unpaired) electrons. The smallest absolute Gasteiger partial charge is 0.194 e. The zero-order valence-corrected chi connectivity index (χ0v) is 11.1. The molecule has 1 heterocycles. The Morgan fingerprint density at radius 2 is 1.74 bits per heavy atom. The van der Waals surface area contributed by atoms with Gasteiger partial charge < -0.3 is 5.32 Å². The van der Waals surface area contributed by atoms with Crippen molar-refractivity contribution in [2.24, 2.45) is 0 Å². The summed E-state index contributed by atoms with van der Waals surface area (Å²) in [6.07, 6.45) is 1.72. The molecule has 1 aromatic carbocycles. The first-order valence-corrected chi connectivity index (χ1v) is 6.72. The first kappa shape index (κ1) is 14.3. The first-order valence-electron chi connectivity index (χ1n) is 6.72. The molecule has 0 amide bonds. The SMILES string of the molecule is CCC[C@@H](c1cc(F)c(F)c(F)c1)N1CCNCC1. The van der Waals surface area contributed by atoms with E-state index in [1.54, 1.807) is 0 Å². The van der Waals surface area contributed by atoms with Gasteiger partial charge in [-0.3, -0.25) is 4.90 Å². The molecule has 1 saturated heterocycles. The van der Waals surface area contributed by atoms with Crippen LogP contribution in [-0.2, 0) is 0 Å². The Kier molecular flexibility index (Phi) is 4.82. The Morgan fingerprint density at radius 1 is 1.16 bits per heavy atom. The zero-order chi connectivity index (χ0) is 13.8. The second-order valence-electron chi connectivity index (χ2n) is 4.89. The van der Waals surface area contributed by atoms with Gasteiger partial charge in [-0.05, 0) is 24.1 Å². The van der Waals surface area contributed by atoms with Crippen LogP contribution in [0.15, 0.2) is 12.1 Å². The van der Waals surface area contributed by atoms with Gasteiger partial charge in [0.15, 0.2) is 17.5 Å². The van der Waals surface area contributed by atoms with Gasteiger partial charge in [0, 0.05) is 32.2 Å². The van der Waals surface area contributed by atoms with Crippen LogP contribution in [0, 0.1) is 17.5 Å². The summed E-state index contributed by atoms with van der Waals surface area (Å²) in [5.41, 5.74) is 0.528. The fourth-order valence-electron chi connectivity index (χ4n) is 2.59. The molecule has 0 spiro atoms. The average Bonchev–Trinajstić information content (AvgIpc) is 2.42. The monoisotopic (exact) mass is 272 g/mol. The molecule has 0 unspecified atom stereocenters. The van der Waals surface area contributed by atoms with E-state index in [9.17, 15) is 13.2 Å². The van der Waals surface area contributed by atoms with Gasteiger partial charge in [-0.15, -0.1) is 0 Å². The van der Waals surface area contributed by atoms with Crippen molar-refractivity contribution in [3.05, 3.63) is 35.1 Å². The van der Waals surface area contributed by atoms with E-state index in [4.69, 9.17) is 0 Å². The molecule has 1 aliphatic heterocycles. The third-order valence-electron chi connectivity index (χ3n) is 3.55. The highest BCUT2D eigenvalue weighted by Gasteiger charge is 2.23. The summed E-state index contributed by atoms with van der Waals surface area (Å²) in [6, 6.07) is 2.21. The number of rotatable bonds is 4. The molecule has 2 rings (SSSR count). The number of benzene rings is 1. The Hall–Kier alpha value is -1.07. The van der Waals surface area contributed by atoms with Gasteiger partial charge in [0.05, 0.1) is 0 Å². The first-order chi connectivity index (χ1) is 9.13. The maximum Gasteiger partial charge on any atom is 0.194 e. The highest BCUT2D eigenvalue weighted by Crippen LogP contribution is 2.28. The van der Waals surface area contributed by atoms with E-state index >= 15 is 0 Å². The lowest BCUT2D eigenvalue weighted by atomic mass is 9.99. The summed E-state index contributed by atoms with van der Waals surface area (Å²) in [6.45, 7) is 5.45. The van der Waals surface area contributed by atoms with Gasteiger partial charge >= 0.3 is 0 Å². The summed E-state index contributed by atoms with van der Waals surface area (Å²) >= 11 is 0. The summed E-state index contributed by atoms with van der Waals surface area (Å²) in [5, 5.41) is 3.25. The lowest BCUT2D eigenvalue weighted by Crippen LogP contribution is -2.45. The maximum atomic E-state index is 13.4. The van der Waals surface area contributed by atoms with Crippen LogP contribution < -0.4 is 5.32 Å². The number of hydrogen-bond acceptors (Lipinski definition) is 2. The summed E-state index contributed by atoms with van der Waals surface area (Å²) in [7, 11) is 0. The normalized spacial score (nSPS) is 18.5. The van der Waals surface area contributed by atoms with Crippen molar-refractivity contribution >= 4 is 0 Å². The summed E-state index contributed by atoms with van der Waals surface area (Å²) < 4.78 is 39.8. The number of halogens is 3. The third-order valence-corrected chi connectivity index (χ3v) is 3.55. The van der Waals surface area contributed by atoms with Crippen LogP contribution in [0.3, 0.4) is 0 Å². The minimum absolute atomic E-state index is 0.0447. The molecular weight excluding hydrogens is 253 g/mol. The fraction of sp³-hybridized carbons (Fsp3) is 0.571. The molecule has 0 bridgehead atoms. The molecule has 1 aliphatic rings. The molecule has 1 N–H and O–H groups in total. The minimum Gasteiger partial charge on any atom is -0.314 e. The van der Waals surface area contributed by atoms with Crippen molar-refractivity contribution in [2.75, 3.05) is 26.2 Å². The number of nitrogens with one attached hydrogen (secondary N) is 1. The number of piperazine rings is 1. The van der Waals surface area contributed by atoms with E-state index in [1.807, 2.05) is 6.92 Å². The Morgan fingerprint density at radius 3 is 2.26 bits per heavy atom. The van der Waals surface area contributed by atoms with Crippen LogP contribution >= 0.6 is 0 Å². The van der Waals surface area contributed by atoms with Gasteiger partial charge in [0.25, 0.3) is 0 Å². The largest absolute Gasteiger partial charge is 0.314 e. The quantitative estimate of drug-likeness (QED) is 0.848. The molecular formula is C14H19F3N2. The van der Waals surface area contributed by atoms with Crippen molar-refractivity contribution in [3.8, 4) is 0 Å². The highest BCUT2D eigenvalue weighted by molar-refractivity contribution is 5.23. The van der Waals surface area contributed by atoms with Crippen molar-refractivity contribution < 1.29 is 13.2 Å². The van der Waals surface area contributed by atoms with Crippen molar-refractivity contribution in [2.45, 2.75) is 25.8 Å². The molecule has 0 saturated carbocycles. The molecule has 1 aromatic rings. The Labute approximate surface area is 111 Å². The maximum absolute atomic E-state index is 13.4. The highest BCUT2D eigenvalue weighted by atomic mass is 19.2. The van der Waals surface area contributed by atoms with Gasteiger partial charge in [-0.25, -0.2) is 13.2 Å². The zero-order valence-electron chi connectivity index (χ0n) is 11.1. The van der Waals surface area contributed by atoms with E-state index in [0.29, 0.717) is 5.56 Å². The average molecular weight is 272 g/mol. The Bertz CT molecular complexity index is 408. The van der Waals surface area contributed by atoms with E-state index in [2.05, 4.69) is 10.2 Å². The number of nitrogens with zero attached hydrogens (tertiary/aromatic N) is 1. The van der Waals surface area contributed by atoms with E-state index in [-0.39, 0.29) is 6.04 Å². The summed E-state index contributed by atoms with van der Waals surface area (Å²) in [4.78, 5) is 2.20. The summed E-state index contributed by atoms with van der Waals surface area (Å²) in [5.74, 6) is -3.60. The molecule has 106 valence electrons. The van der Waals surface area contributed by atoms with Gasteiger partial charge in [0.1, 0.15) is 0 Å². The number of hydrogen-bond donors (Lipinski definition) is 1. The molecule has 2 nitrogen and oxygen atoms in total. The van der Waals surface area contributed by atoms with Gasteiger partial charge in [-0.2, -0.15) is 0 Å². The van der Waals surface area contributed by atoms with Crippen molar-refractivity contribution in [1.82, 2.24) is 10.2 Å². The van der Waals surface area contributed by atoms with Crippen molar-refractivity contribution in [1.29, 1.82) is 0 Å². The van der Waals surface area contributed by atoms with E-state index in [0.717, 1.165) is 51.2 Å². The van der Waals surface area contributed by atoms with Crippen LogP contribution in [0.2, 0.25) is 0 Å². The Balaban J connectivity index is 2.27. The molecule has 5 heteroatoms. The lowest BCUT2D eigenvalue weighted by molar-refractivity contribution is 0.164. The van der Waals surface area contributed by atoms with Crippen molar-refractivity contribution in [3.63, 3.8) is 0 Å². The topological polar surface area (TPSA) is 15.3 Å². The molecule has 0 aromatic heterocycles. The van der Waals surface area contributed by atoms with E-state index in [1.165, 1.54) is 0 Å². The van der Waals surface area contributed by atoms with Gasteiger partial charge in [0.2, 0.25) is 0 Å². The van der Waals surface area contributed by atoms with Crippen LogP contribution in [0.4, 0.5) is 13.2 Å². The molecule has 1 atom stereocenters. The van der Waals surface area contributed by atoms with Crippen LogP contribution in [-0.4, -0.2) is 31.1 Å². The third kappa shape index (κ3) is 3.28. The molecule has 1 fully saturated rings. The predicted octanol–water partition coefficient (Wildman–Crippen LogP) is 2.85. The van der Waals surface area contributed by atoms with E-state index < -0.39 is 17.5 Å². The lowest BCUT2D eigenvalue weighted by Gasteiger charge is -2.35. The fourth-order valence-corrected chi connectivity index (χ4v) is 2.59. The minimum atomic E-state index is -1.39. The standard InChI is InChI=1S/C14H19F3N2/c1-2-3-13(19-6-4-18-5-7-19)10-8-11(15)14(17)12(16)9-10/h8-9,13,18H,2-7H2,1H3/t13-/m0/s1. The second kappa shape index (κ2) is 6.39. The predicted molar refractivity (Wildman–Crippen MR) is 68.4 cm³/mol. The molecule has 19 heavy (non-hydrogen) atoms. The van der Waals surface area contributed by atoms with Crippen LogP contribution in [0.25, 0.3) is 0 Å². The van der Waals surface area contributed by atoms with Crippen LogP contribution in [0.1, 0.15) is 31.4 Å². The van der Waals surface area contributed by atoms with Gasteiger partial charge in [-0.1, -0.05) is 13.3 Å².